The third-order valence-electron chi connectivity index (χ3n) is 1.59. The zero-order valence-electron chi connectivity index (χ0n) is 7.00. The molecule has 3 nitrogen and oxygen atoms in total. The lowest BCUT2D eigenvalue weighted by Gasteiger charge is -2.04. The van der Waals surface area contributed by atoms with Crippen molar-refractivity contribution in [3.8, 4) is 0 Å². The Morgan fingerprint density at radius 2 is 2.25 bits per heavy atom. The molecule has 0 fully saturated rings. The topological polar surface area (TPSA) is 41.5 Å². The molecule has 0 radical (unpaired) electrons. The summed E-state index contributed by atoms with van der Waals surface area (Å²) in [5.41, 5.74) is 2.12. The van der Waals surface area contributed by atoms with Crippen LogP contribution in [-0.4, -0.2) is 12.3 Å². The molecule has 0 spiro atoms. The van der Waals surface area contributed by atoms with Crippen molar-refractivity contribution in [3.05, 3.63) is 23.8 Å². The monoisotopic (exact) mass is 185 g/mol. The van der Waals surface area contributed by atoms with E-state index in [1.165, 1.54) is 0 Å². The molecule has 0 heterocycles. The zero-order valence-corrected chi connectivity index (χ0v) is 7.81. The smallest absolute Gasteiger partial charge is 0.0682 e. The van der Waals surface area contributed by atoms with Crippen LogP contribution < -0.4 is 5.32 Å². The first kappa shape index (κ1) is 9.38. The fourth-order valence-corrected chi connectivity index (χ4v) is 1.33. The van der Waals surface area contributed by atoms with Crippen molar-refractivity contribution in [3.63, 3.8) is 0 Å². The van der Waals surface area contributed by atoms with Gasteiger partial charge < -0.3 is 5.32 Å². The number of anilines is 1. The van der Waals surface area contributed by atoms with Crippen LogP contribution in [0.3, 0.4) is 0 Å². The van der Waals surface area contributed by atoms with E-state index < -0.39 is 0 Å². The Morgan fingerprint density at radius 3 is 2.75 bits per heavy atom. The summed E-state index contributed by atoms with van der Waals surface area (Å²) in [5.74, 6) is 0. The van der Waals surface area contributed by atoms with Gasteiger partial charge in [0.1, 0.15) is 0 Å². The lowest BCUT2D eigenvalue weighted by atomic mass is 10.2. The molecule has 4 heteroatoms. The van der Waals surface area contributed by atoms with Gasteiger partial charge in [0.2, 0.25) is 0 Å². The minimum Gasteiger partial charge on any atom is -0.388 e. The average Bonchev–Trinajstić information content (AvgIpc) is 2.09. The van der Waals surface area contributed by atoms with Crippen LogP contribution in [0.5, 0.6) is 0 Å². The standard InChI is InChI=1S/C8H11NO2S/c1-6-5-7(9-2)3-4-8(6)12-11-10/h3-5,9-10H,1-2H3. The predicted octanol–water partition coefficient (Wildman–Crippen LogP) is 2.53. The number of aryl methyl sites for hydroxylation is 1. The van der Waals surface area contributed by atoms with Gasteiger partial charge in [-0.3, -0.25) is 0 Å². The molecule has 0 saturated heterocycles. The fourth-order valence-electron chi connectivity index (χ4n) is 0.939. The third-order valence-corrected chi connectivity index (χ3v) is 2.30. The summed E-state index contributed by atoms with van der Waals surface area (Å²) in [7, 11) is 1.87. The molecule has 0 atom stereocenters. The normalized spacial score (nSPS) is 9.92. The lowest BCUT2D eigenvalue weighted by Crippen LogP contribution is -1.89. The second-order valence-electron chi connectivity index (χ2n) is 2.39. The Bertz CT molecular complexity index is 265. The second kappa shape index (κ2) is 4.35. The van der Waals surface area contributed by atoms with E-state index in [1.807, 2.05) is 32.2 Å². The van der Waals surface area contributed by atoms with Gasteiger partial charge in [-0.05, 0) is 30.7 Å². The van der Waals surface area contributed by atoms with E-state index >= 15 is 0 Å². The molecule has 0 aliphatic heterocycles. The largest absolute Gasteiger partial charge is 0.388 e. The minimum absolute atomic E-state index is 0.913. The van der Waals surface area contributed by atoms with Gasteiger partial charge in [-0.2, -0.15) is 4.33 Å². The second-order valence-corrected chi connectivity index (χ2v) is 3.14. The van der Waals surface area contributed by atoms with Crippen LogP contribution in [0.25, 0.3) is 0 Å². The SMILES string of the molecule is CNc1ccc(SOO)c(C)c1. The summed E-state index contributed by atoms with van der Waals surface area (Å²) < 4.78 is 3.98. The molecule has 66 valence electrons. The maximum atomic E-state index is 8.22. The Balaban J connectivity index is 2.87. The summed E-state index contributed by atoms with van der Waals surface area (Å²) in [5, 5.41) is 11.2. The minimum atomic E-state index is 0.913. The van der Waals surface area contributed by atoms with E-state index in [9.17, 15) is 0 Å². The van der Waals surface area contributed by atoms with Gasteiger partial charge in [0.25, 0.3) is 0 Å². The average molecular weight is 185 g/mol. The van der Waals surface area contributed by atoms with E-state index in [-0.39, 0.29) is 0 Å². The van der Waals surface area contributed by atoms with E-state index in [2.05, 4.69) is 9.65 Å². The van der Waals surface area contributed by atoms with Crippen molar-refractivity contribution in [1.82, 2.24) is 0 Å². The Hall–Kier alpha value is -0.710. The number of rotatable bonds is 3. The molecule has 0 aliphatic rings. The molecular weight excluding hydrogens is 174 g/mol. The summed E-state index contributed by atoms with van der Waals surface area (Å²) >= 11 is 0.949. The van der Waals surface area contributed by atoms with Crippen LogP contribution in [0.1, 0.15) is 5.56 Å². The van der Waals surface area contributed by atoms with Crippen molar-refractivity contribution >= 4 is 17.7 Å². The van der Waals surface area contributed by atoms with Gasteiger partial charge in [-0.1, -0.05) is 0 Å². The number of hydrogen-bond acceptors (Lipinski definition) is 4. The molecular formula is C8H11NO2S. The van der Waals surface area contributed by atoms with Crippen molar-refractivity contribution < 1.29 is 9.59 Å². The van der Waals surface area contributed by atoms with E-state index in [1.54, 1.807) is 0 Å². The molecule has 0 unspecified atom stereocenters. The summed E-state index contributed by atoms with van der Waals surface area (Å²) in [6.07, 6.45) is 0. The molecule has 0 aromatic heterocycles. The van der Waals surface area contributed by atoms with E-state index in [4.69, 9.17) is 5.26 Å². The maximum Gasteiger partial charge on any atom is 0.0682 e. The highest BCUT2D eigenvalue weighted by Gasteiger charge is 1.99. The first-order valence-corrected chi connectivity index (χ1v) is 4.28. The summed E-state index contributed by atoms with van der Waals surface area (Å²) in [6.45, 7) is 1.96. The van der Waals surface area contributed by atoms with Crippen LogP contribution in [0.4, 0.5) is 5.69 Å². The Kier molecular flexibility index (Phi) is 3.40. The Labute approximate surface area is 75.9 Å². The van der Waals surface area contributed by atoms with Gasteiger partial charge in [0, 0.05) is 17.6 Å². The molecule has 1 aromatic carbocycles. The lowest BCUT2D eigenvalue weighted by molar-refractivity contribution is -0.116. The number of hydrogen-bond donors (Lipinski definition) is 2. The third kappa shape index (κ3) is 2.14. The molecule has 0 aliphatic carbocycles. The highest BCUT2D eigenvalue weighted by atomic mass is 32.2. The van der Waals surface area contributed by atoms with Gasteiger partial charge in [-0.25, -0.2) is 5.26 Å². The van der Waals surface area contributed by atoms with Crippen LogP contribution in [0.2, 0.25) is 0 Å². The summed E-state index contributed by atoms with van der Waals surface area (Å²) in [4.78, 5) is 0.913. The first-order chi connectivity index (χ1) is 5.77. The molecule has 0 saturated carbocycles. The van der Waals surface area contributed by atoms with Gasteiger partial charge in [0.15, 0.2) is 0 Å². The van der Waals surface area contributed by atoms with Crippen molar-refractivity contribution in [2.75, 3.05) is 12.4 Å². The van der Waals surface area contributed by atoms with Crippen molar-refractivity contribution in [2.24, 2.45) is 0 Å². The maximum absolute atomic E-state index is 8.22. The highest BCUT2D eigenvalue weighted by molar-refractivity contribution is 7.94. The molecule has 1 rings (SSSR count). The molecule has 1 aromatic rings. The molecule has 2 N–H and O–H groups in total. The van der Waals surface area contributed by atoms with Gasteiger partial charge in [0.05, 0.1) is 12.0 Å². The quantitative estimate of drug-likeness (QED) is 0.431. The zero-order chi connectivity index (χ0) is 8.97. The van der Waals surface area contributed by atoms with Gasteiger partial charge >= 0.3 is 0 Å². The van der Waals surface area contributed by atoms with Crippen LogP contribution in [-0.2, 0) is 4.33 Å². The molecule has 0 amide bonds. The van der Waals surface area contributed by atoms with Crippen molar-refractivity contribution in [2.45, 2.75) is 11.8 Å². The first-order valence-electron chi connectivity index (χ1n) is 3.54. The van der Waals surface area contributed by atoms with Crippen molar-refractivity contribution in [1.29, 1.82) is 0 Å². The van der Waals surface area contributed by atoms with Crippen LogP contribution in [0.15, 0.2) is 23.1 Å². The van der Waals surface area contributed by atoms with Crippen LogP contribution >= 0.6 is 12.0 Å². The Morgan fingerprint density at radius 1 is 1.50 bits per heavy atom. The predicted molar refractivity (Wildman–Crippen MR) is 50.3 cm³/mol. The molecule has 12 heavy (non-hydrogen) atoms. The van der Waals surface area contributed by atoms with E-state index in [0.29, 0.717) is 0 Å². The molecule has 0 bridgehead atoms. The number of benzene rings is 1. The van der Waals surface area contributed by atoms with Gasteiger partial charge in [-0.15, -0.1) is 0 Å². The summed E-state index contributed by atoms with van der Waals surface area (Å²) in [6, 6.07) is 5.80. The highest BCUT2D eigenvalue weighted by Crippen LogP contribution is 2.24. The number of nitrogens with one attached hydrogen (secondary N) is 1. The fraction of sp³-hybridized carbons (Fsp3) is 0.250. The van der Waals surface area contributed by atoms with Crippen LogP contribution in [0, 0.1) is 6.92 Å². The van der Waals surface area contributed by atoms with E-state index in [0.717, 1.165) is 28.2 Å².